The molecule has 1 aromatic carbocycles. The normalized spacial score (nSPS) is 19.0. The molecule has 0 aromatic heterocycles. The van der Waals surface area contributed by atoms with Gasteiger partial charge in [0.1, 0.15) is 5.82 Å². The van der Waals surface area contributed by atoms with E-state index in [2.05, 4.69) is 19.2 Å². The first-order valence-electron chi connectivity index (χ1n) is 6.61. The van der Waals surface area contributed by atoms with Crippen LogP contribution in [0.4, 0.5) is 4.39 Å². The van der Waals surface area contributed by atoms with Crippen LogP contribution in [0.5, 0.6) is 0 Å². The third-order valence-corrected chi connectivity index (χ3v) is 3.99. The number of rotatable bonds is 6. The summed E-state index contributed by atoms with van der Waals surface area (Å²) in [6, 6.07) is 7.29. The minimum absolute atomic E-state index is 0.155. The van der Waals surface area contributed by atoms with Crippen molar-refractivity contribution in [3.63, 3.8) is 0 Å². The minimum atomic E-state index is -0.155. The molecule has 0 bridgehead atoms. The summed E-state index contributed by atoms with van der Waals surface area (Å²) in [5.74, 6) is -0.155. The summed E-state index contributed by atoms with van der Waals surface area (Å²) in [4.78, 5) is 0. The highest BCUT2D eigenvalue weighted by atomic mass is 19.1. The Balaban J connectivity index is 1.77. The molecule has 1 fully saturated rings. The van der Waals surface area contributed by atoms with Crippen molar-refractivity contribution < 1.29 is 4.39 Å². The molecule has 2 rings (SSSR count). The molecular weight excluding hydrogens is 213 g/mol. The standard InChI is InChI=1S/C15H22FN/c1-3-15(8-9-15)11-17-12(2)10-13-4-6-14(16)7-5-13/h4-7,12,17H,3,8-11H2,1-2H3. The van der Waals surface area contributed by atoms with Crippen molar-refractivity contribution in [1.82, 2.24) is 5.32 Å². The van der Waals surface area contributed by atoms with E-state index in [4.69, 9.17) is 0 Å². The van der Waals surface area contributed by atoms with E-state index in [0.717, 1.165) is 13.0 Å². The third-order valence-electron chi connectivity index (χ3n) is 3.99. The van der Waals surface area contributed by atoms with Crippen molar-refractivity contribution in [3.05, 3.63) is 35.6 Å². The van der Waals surface area contributed by atoms with Crippen LogP contribution in [0.3, 0.4) is 0 Å². The molecule has 0 amide bonds. The molecule has 0 aliphatic heterocycles. The third kappa shape index (κ3) is 3.53. The van der Waals surface area contributed by atoms with Crippen molar-refractivity contribution >= 4 is 0 Å². The first-order chi connectivity index (χ1) is 8.13. The highest BCUT2D eigenvalue weighted by molar-refractivity contribution is 5.17. The Morgan fingerprint density at radius 1 is 1.29 bits per heavy atom. The number of hydrogen-bond donors (Lipinski definition) is 1. The Labute approximate surface area is 103 Å². The summed E-state index contributed by atoms with van der Waals surface area (Å²) in [6.07, 6.45) is 5.00. The Morgan fingerprint density at radius 3 is 2.47 bits per heavy atom. The highest BCUT2D eigenvalue weighted by Gasteiger charge is 2.40. The van der Waals surface area contributed by atoms with Gasteiger partial charge in [0.05, 0.1) is 0 Å². The van der Waals surface area contributed by atoms with Crippen LogP contribution in [0, 0.1) is 11.2 Å². The van der Waals surface area contributed by atoms with Crippen molar-refractivity contribution in [3.8, 4) is 0 Å². The number of halogens is 1. The van der Waals surface area contributed by atoms with E-state index in [0.29, 0.717) is 11.5 Å². The first kappa shape index (κ1) is 12.6. The van der Waals surface area contributed by atoms with E-state index < -0.39 is 0 Å². The van der Waals surface area contributed by atoms with Crippen molar-refractivity contribution in [2.24, 2.45) is 5.41 Å². The molecule has 1 N–H and O–H groups in total. The van der Waals surface area contributed by atoms with Gasteiger partial charge >= 0.3 is 0 Å². The predicted octanol–water partition coefficient (Wildman–Crippen LogP) is 3.54. The summed E-state index contributed by atoms with van der Waals surface area (Å²) >= 11 is 0. The number of benzene rings is 1. The van der Waals surface area contributed by atoms with Crippen molar-refractivity contribution in [1.29, 1.82) is 0 Å². The topological polar surface area (TPSA) is 12.0 Å². The maximum Gasteiger partial charge on any atom is 0.123 e. The lowest BCUT2D eigenvalue weighted by atomic mass is 10.0. The fraction of sp³-hybridized carbons (Fsp3) is 0.600. The second-order valence-electron chi connectivity index (χ2n) is 5.47. The highest BCUT2D eigenvalue weighted by Crippen LogP contribution is 2.47. The lowest BCUT2D eigenvalue weighted by Gasteiger charge is -2.19. The number of hydrogen-bond acceptors (Lipinski definition) is 1. The largest absolute Gasteiger partial charge is 0.313 e. The molecule has 0 spiro atoms. The first-order valence-corrected chi connectivity index (χ1v) is 6.61. The van der Waals surface area contributed by atoms with Crippen LogP contribution in [0.2, 0.25) is 0 Å². The maximum absolute atomic E-state index is 12.8. The summed E-state index contributed by atoms with van der Waals surface area (Å²) in [7, 11) is 0. The summed E-state index contributed by atoms with van der Waals surface area (Å²) in [5, 5.41) is 3.61. The zero-order valence-electron chi connectivity index (χ0n) is 10.8. The summed E-state index contributed by atoms with van der Waals surface area (Å²) in [6.45, 7) is 5.61. The maximum atomic E-state index is 12.8. The quantitative estimate of drug-likeness (QED) is 0.795. The molecule has 0 heterocycles. The van der Waals surface area contributed by atoms with Gasteiger partial charge in [0.25, 0.3) is 0 Å². The van der Waals surface area contributed by atoms with Crippen LogP contribution in [-0.4, -0.2) is 12.6 Å². The zero-order valence-corrected chi connectivity index (χ0v) is 10.8. The molecule has 1 unspecified atom stereocenters. The fourth-order valence-corrected chi connectivity index (χ4v) is 2.27. The molecule has 2 heteroatoms. The molecule has 0 radical (unpaired) electrons. The average Bonchev–Trinajstić information content (AvgIpc) is 3.10. The van der Waals surface area contributed by atoms with Gasteiger partial charge in [-0.3, -0.25) is 0 Å². The van der Waals surface area contributed by atoms with Crippen LogP contribution in [0.1, 0.15) is 38.7 Å². The van der Waals surface area contributed by atoms with Crippen LogP contribution < -0.4 is 5.32 Å². The van der Waals surface area contributed by atoms with E-state index in [1.165, 1.54) is 37.0 Å². The Bertz CT molecular complexity index is 354. The van der Waals surface area contributed by atoms with E-state index in [9.17, 15) is 4.39 Å². The molecule has 1 nitrogen and oxygen atoms in total. The molecular formula is C15H22FN. The lowest BCUT2D eigenvalue weighted by molar-refractivity contribution is 0.409. The molecule has 0 saturated heterocycles. The van der Waals surface area contributed by atoms with Gasteiger partial charge in [-0.25, -0.2) is 4.39 Å². The van der Waals surface area contributed by atoms with E-state index in [1.807, 2.05) is 12.1 Å². The summed E-state index contributed by atoms with van der Waals surface area (Å²) in [5.41, 5.74) is 1.80. The molecule has 1 saturated carbocycles. The number of nitrogens with one attached hydrogen (secondary N) is 1. The van der Waals surface area contributed by atoms with Gasteiger partial charge in [0.2, 0.25) is 0 Å². The van der Waals surface area contributed by atoms with Gasteiger partial charge < -0.3 is 5.32 Å². The summed E-state index contributed by atoms with van der Waals surface area (Å²) < 4.78 is 12.8. The smallest absolute Gasteiger partial charge is 0.123 e. The predicted molar refractivity (Wildman–Crippen MR) is 69.5 cm³/mol. The van der Waals surface area contributed by atoms with E-state index >= 15 is 0 Å². The second-order valence-corrected chi connectivity index (χ2v) is 5.47. The van der Waals surface area contributed by atoms with Gasteiger partial charge in [-0.05, 0) is 55.7 Å². The SMILES string of the molecule is CCC1(CNC(C)Cc2ccc(F)cc2)CC1. The molecule has 1 aliphatic carbocycles. The average molecular weight is 235 g/mol. The van der Waals surface area contributed by atoms with Crippen molar-refractivity contribution in [2.75, 3.05) is 6.54 Å². The molecule has 1 aromatic rings. The zero-order chi connectivity index (χ0) is 12.3. The molecule has 94 valence electrons. The Hall–Kier alpha value is -0.890. The monoisotopic (exact) mass is 235 g/mol. The van der Waals surface area contributed by atoms with Crippen LogP contribution in [0.15, 0.2) is 24.3 Å². The van der Waals surface area contributed by atoms with Crippen LogP contribution in [-0.2, 0) is 6.42 Å². The van der Waals surface area contributed by atoms with Gasteiger partial charge in [-0.2, -0.15) is 0 Å². The fourth-order valence-electron chi connectivity index (χ4n) is 2.27. The van der Waals surface area contributed by atoms with E-state index in [1.54, 1.807) is 0 Å². The second kappa shape index (κ2) is 5.18. The Kier molecular flexibility index (Phi) is 3.82. The molecule has 17 heavy (non-hydrogen) atoms. The van der Waals surface area contributed by atoms with Gasteiger partial charge in [-0.15, -0.1) is 0 Å². The van der Waals surface area contributed by atoms with Crippen LogP contribution in [0.25, 0.3) is 0 Å². The minimum Gasteiger partial charge on any atom is -0.313 e. The van der Waals surface area contributed by atoms with Gasteiger partial charge in [0, 0.05) is 12.6 Å². The molecule has 1 atom stereocenters. The van der Waals surface area contributed by atoms with Crippen molar-refractivity contribution in [2.45, 2.75) is 45.6 Å². The van der Waals surface area contributed by atoms with Gasteiger partial charge in [0.15, 0.2) is 0 Å². The lowest BCUT2D eigenvalue weighted by Crippen LogP contribution is -2.33. The van der Waals surface area contributed by atoms with Gasteiger partial charge in [-0.1, -0.05) is 19.1 Å². The Morgan fingerprint density at radius 2 is 1.94 bits per heavy atom. The van der Waals surface area contributed by atoms with Crippen LogP contribution >= 0.6 is 0 Å². The molecule has 1 aliphatic rings. The van der Waals surface area contributed by atoms with E-state index in [-0.39, 0.29) is 5.82 Å².